The highest BCUT2D eigenvalue weighted by Crippen LogP contribution is 2.29. The Kier molecular flexibility index (Phi) is 4.39. The van der Waals surface area contributed by atoms with Gasteiger partial charge in [0.2, 0.25) is 0 Å². The van der Waals surface area contributed by atoms with E-state index in [-0.39, 0.29) is 11.4 Å². The minimum absolute atomic E-state index is 0.0555. The van der Waals surface area contributed by atoms with E-state index in [2.05, 4.69) is 10.5 Å². The Balaban J connectivity index is 2.30. The zero-order chi connectivity index (χ0) is 17.1. The lowest BCUT2D eigenvalue weighted by Crippen LogP contribution is -2.01. The third-order valence-corrected chi connectivity index (χ3v) is 3.26. The predicted octanol–water partition coefficient (Wildman–Crippen LogP) is 3.55. The second-order valence-electron chi connectivity index (χ2n) is 4.87. The van der Waals surface area contributed by atoms with Gasteiger partial charge < -0.3 is 4.42 Å². The van der Waals surface area contributed by atoms with E-state index in [9.17, 15) is 20.2 Å². The average Bonchev–Trinajstić information content (AvgIpc) is 2.84. The highest BCUT2D eigenvalue weighted by molar-refractivity contribution is 5.97. The highest BCUT2D eigenvalue weighted by atomic mass is 16.6. The van der Waals surface area contributed by atoms with Crippen LogP contribution in [0.4, 0.5) is 17.1 Å². The van der Waals surface area contributed by atoms with E-state index in [0.717, 1.165) is 17.4 Å². The lowest BCUT2D eigenvalue weighted by Gasteiger charge is -2.03. The summed E-state index contributed by atoms with van der Waals surface area (Å²) in [6, 6.07) is 5.10. The molecule has 0 aliphatic rings. The van der Waals surface area contributed by atoms with E-state index < -0.39 is 15.5 Å². The van der Waals surface area contributed by atoms with Crippen LogP contribution in [0, 0.1) is 34.1 Å². The summed E-state index contributed by atoms with van der Waals surface area (Å²) in [7, 11) is 0. The second kappa shape index (κ2) is 6.26. The molecule has 1 aromatic carbocycles. The van der Waals surface area contributed by atoms with Gasteiger partial charge in [-0.2, -0.15) is 5.10 Å². The van der Waals surface area contributed by atoms with Gasteiger partial charge in [-0.1, -0.05) is 0 Å². The van der Waals surface area contributed by atoms with E-state index in [0.29, 0.717) is 11.5 Å². The normalized spacial score (nSPS) is 11.3. The lowest BCUT2D eigenvalue weighted by atomic mass is 10.2. The summed E-state index contributed by atoms with van der Waals surface area (Å²) in [5.74, 6) is 1.30. The number of furan rings is 1. The summed E-state index contributed by atoms with van der Waals surface area (Å²) in [6.07, 6.45) is 0. The third kappa shape index (κ3) is 3.51. The van der Waals surface area contributed by atoms with Crippen LogP contribution < -0.4 is 5.43 Å². The molecule has 9 nitrogen and oxygen atoms in total. The first-order chi connectivity index (χ1) is 10.8. The smallest absolute Gasteiger partial charge is 0.301 e. The van der Waals surface area contributed by atoms with E-state index >= 15 is 0 Å². The van der Waals surface area contributed by atoms with Crippen molar-refractivity contribution in [3.05, 3.63) is 61.6 Å². The fraction of sp³-hybridized carbons (Fsp3) is 0.214. The van der Waals surface area contributed by atoms with Gasteiger partial charge in [0, 0.05) is 6.07 Å². The molecule has 1 N–H and O–H groups in total. The number of nitro groups is 2. The fourth-order valence-corrected chi connectivity index (χ4v) is 1.83. The van der Waals surface area contributed by atoms with Crippen molar-refractivity contribution < 1.29 is 14.3 Å². The number of nitrogens with one attached hydrogen (secondary N) is 1. The summed E-state index contributed by atoms with van der Waals surface area (Å²) in [5.41, 5.74) is 3.28. The zero-order valence-corrected chi connectivity index (χ0v) is 12.7. The number of hydrogen-bond acceptors (Lipinski definition) is 7. The summed E-state index contributed by atoms with van der Waals surface area (Å²) in [5, 5.41) is 25.8. The van der Waals surface area contributed by atoms with Gasteiger partial charge >= 0.3 is 5.69 Å². The molecule has 0 atom stereocenters. The first-order valence-electron chi connectivity index (χ1n) is 6.60. The molecule has 0 amide bonds. The number of nitro benzene ring substituents is 2. The molecule has 2 rings (SSSR count). The number of rotatable bonds is 5. The van der Waals surface area contributed by atoms with Crippen molar-refractivity contribution in [2.75, 3.05) is 5.43 Å². The minimum Gasteiger partial charge on any atom is -0.460 e. The molecule has 0 unspecified atom stereocenters. The molecule has 0 saturated heterocycles. The number of nitrogens with zero attached hydrogens (tertiary/aromatic N) is 3. The molecule has 1 aromatic heterocycles. The van der Waals surface area contributed by atoms with Crippen LogP contribution in [0.5, 0.6) is 0 Å². The van der Waals surface area contributed by atoms with Crippen molar-refractivity contribution in [2.24, 2.45) is 5.10 Å². The molecule has 0 bridgehead atoms. The fourth-order valence-electron chi connectivity index (χ4n) is 1.83. The molecule has 1 heterocycles. The molecule has 9 heteroatoms. The van der Waals surface area contributed by atoms with Crippen molar-refractivity contribution in [1.29, 1.82) is 0 Å². The number of hydrogen-bond donors (Lipinski definition) is 1. The molecule has 0 spiro atoms. The number of hydrazone groups is 1. The SMILES string of the molecule is CC(=NNc1ccc([N+](=O)[O-])cc1[N+](=O)[O-])c1cc(C)c(C)o1. The minimum atomic E-state index is -0.707. The Bertz CT molecular complexity index is 790. The molecular formula is C14H14N4O5. The van der Waals surface area contributed by atoms with Crippen LogP contribution in [-0.4, -0.2) is 15.6 Å². The van der Waals surface area contributed by atoms with Crippen molar-refractivity contribution >= 4 is 22.8 Å². The van der Waals surface area contributed by atoms with Gasteiger partial charge in [0.15, 0.2) is 0 Å². The van der Waals surface area contributed by atoms with Crippen molar-refractivity contribution in [1.82, 2.24) is 0 Å². The Morgan fingerprint density at radius 3 is 2.39 bits per heavy atom. The average molecular weight is 318 g/mol. The molecule has 2 aromatic rings. The highest BCUT2D eigenvalue weighted by Gasteiger charge is 2.19. The quantitative estimate of drug-likeness (QED) is 0.510. The van der Waals surface area contributed by atoms with Crippen LogP contribution in [0.25, 0.3) is 0 Å². The van der Waals surface area contributed by atoms with E-state index in [1.165, 1.54) is 12.1 Å². The molecule has 0 aliphatic carbocycles. The van der Waals surface area contributed by atoms with Crippen LogP contribution >= 0.6 is 0 Å². The van der Waals surface area contributed by atoms with Gasteiger partial charge in [-0.25, -0.2) is 0 Å². The van der Waals surface area contributed by atoms with E-state index in [1.54, 1.807) is 13.0 Å². The van der Waals surface area contributed by atoms with Gasteiger partial charge in [-0.15, -0.1) is 0 Å². The topological polar surface area (TPSA) is 124 Å². The molecule has 0 radical (unpaired) electrons. The molecule has 0 saturated carbocycles. The molecule has 120 valence electrons. The van der Waals surface area contributed by atoms with Crippen LogP contribution in [0.2, 0.25) is 0 Å². The molecule has 0 fully saturated rings. The summed E-state index contributed by atoms with van der Waals surface area (Å²) >= 11 is 0. The number of benzene rings is 1. The van der Waals surface area contributed by atoms with Crippen LogP contribution in [0.3, 0.4) is 0 Å². The van der Waals surface area contributed by atoms with Crippen LogP contribution in [-0.2, 0) is 0 Å². The van der Waals surface area contributed by atoms with Gasteiger partial charge in [0.05, 0.1) is 15.9 Å². The second-order valence-corrected chi connectivity index (χ2v) is 4.87. The first-order valence-corrected chi connectivity index (χ1v) is 6.60. The lowest BCUT2D eigenvalue weighted by molar-refractivity contribution is -0.393. The van der Waals surface area contributed by atoms with Gasteiger partial charge in [0.1, 0.15) is 22.9 Å². The predicted molar refractivity (Wildman–Crippen MR) is 83.8 cm³/mol. The monoisotopic (exact) mass is 318 g/mol. The van der Waals surface area contributed by atoms with E-state index in [4.69, 9.17) is 4.42 Å². The summed E-state index contributed by atoms with van der Waals surface area (Å²) in [4.78, 5) is 20.3. The molecular weight excluding hydrogens is 304 g/mol. The number of anilines is 1. The Labute approximate surface area is 130 Å². The summed E-state index contributed by atoms with van der Waals surface area (Å²) in [6.45, 7) is 5.40. The Morgan fingerprint density at radius 2 is 1.87 bits per heavy atom. The first kappa shape index (κ1) is 16.1. The Morgan fingerprint density at radius 1 is 1.17 bits per heavy atom. The maximum atomic E-state index is 11.0. The Hall–Kier alpha value is -3.23. The van der Waals surface area contributed by atoms with Crippen molar-refractivity contribution in [3.8, 4) is 0 Å². The van der Waals surface area contributed by atoms with Crippen molar-refractivity contribution in [2.45, 2.75) is 20.8 Å². The largest absolute Gasteiger partial charge is 0.460 e. The zero-order valence-electron chi connectivity index (χ0n) is 12.7. The standard InChI is InChI=1S/C14H14N4O5/c1-8-6-14(23-10(8)3)9(2)15-16-12-5-4-11(17(19)20)7-13(12)18(21)22/h4-7,16H,1-3H3. The van der Waals surface area contributed by atoms with Gasteiger partial charge in [-0.3, -0.25) is 25.7 Å². The number of non-ortho nitro benzene ring substituents is 1. The molecule has 0 aliphatic heterocycles. The number of aryl methyl sites for hydroxylation is 2. The maximum Gasteiger partial charge on any atom is 0.301 e. The van der Waals surface area contributed by atoms with Crippen LogP contribution in [0.1, 0.15) is 24.0 Å². The summed E-state index contributed by atoms with van der Waals surface area (Å²) < 4.78 is 5.50. The van der Waals surface area contributed by atoms with E-state index in [1.807, 2.05) is 13.8 Å². The van der Waals surface area contributed by atoms with Crippen molar-refractivity contribution in [3.63, 3.8) is 0 Å². The third-order valence-electron chi connectivity index (χ3n) is 3.26. The molecule has 23 heavy (non-hydrogen) atoms. The van der Waals surface area contributed by atoms with Gasteiger partial charge in [0.25, 0.3) is 5.69 Å². The van der Waals surface area contributed by atoms with Gasteiger partial charge in [-0.05, 0) is 38.5 Å². The maximum absolute atomic E-state index is 11.0. The van der Waals surface area contributed by atoms with Crippen LogP contribution in [0.15, 0.2) is 33.8 Å².